The van der Waals surface area contributed by atoms with E-state index >= 15 is 0 Å². The lowest BCUT2D eigenvalue weighted by Crippen LogP contribution is -2.37. The molecule has 0 radical (unpaired) electrons. The summed E-state index contributed by atoms with van der Waals surface area (Å²) in [5.74, 6) is 0. The van der Waals surface area contributed by atoms with Crippen LogP contribution in [0.1, 0.15) is 32.6 Å². The van der Waals surface area contributed by atoms with Crippen molar-refractivity contribution < 1.29 is 4.74 Å². The Bertz CT molecular complexity index is 145. The van der Waals surface area contributed by atoms with Gasteiger partial charge >= 0.3 is 0 Å². The van der Waals surface area contributed by atoms with Crippen molar-refractivity contribution in [3.8, 4) is 0 Å². The molecular weight excluding hydrogens is 188 g/mol. The number of rotatable bonds is 7. The van der Waals surface area contributed by atoms with Gasteiger partial charge in [-0.15, -0.1) is 0 Å². The molecule has 0 aliphatic carbocycles. The number of ether oxygens (including phenoxy) is 1. The van der Waals surface area contributed by atoms with Crippen LogP contribution in [0.25, 0.3) is 0 Å². The highest BCUT2D eigenvalue weighted by molar-refractivity contribution is 4.71. The fourth-order valence-electron chi connectivity index (χ4n) is 2.13. The van der Waals surface area contributed by atoms with Crippen LogP contribution in [-0.4, -0.2) is 50.8 Å². The Morgan fingerprint density at radius 2 is 2.00 bits per heavy atom. The zero-order valence-electron chi connectivity index (χ0n) is 10.3. The van der Waals surface area contributed by atoms with Crippen LogP contribution in [0.15, 0.2) is 0 Å². The molecule has 1 aliphatic heterocycles. The largest absolute Gasteiger partial charge is 0.381 e. The van der Waals surface area contributed by atoms with E-state index in [1.807, 2.05) is 7.11 Å². The third kappa shape index (κ3) is 5.50. The van der Waals surface area contributed by atoms with E-state index < -0.39 is 0 Å². The number of nitrogens with zero attached hydrogens (tertiary/aromatic N) is 1. The van der Waals surface area contributed by atoms with Crippen molar-refractivity contribution in [2.45, 2.75) is 38.7 Å². The van der Waals surface area contributed by atoms with Crippen molar-refractivity contribution in [1.82, 2.24) is 10.2 Å². The molecule has 0 aromatic heterocycles. The summed E-state index contributed by atoms with van der Waals surface area (Å²) >= 11 is 0. The molecule has 1 rings (SSSR count). The lowest BCUT2D eigenvalue weighted by atomic mass is 10.1. The molecule has 0 saturated carbocycles. The average Bonchev–Trinajstić information content (AvgIpc) is 2.30. The summed E-state index contributed by atoms with van der Waals surface area (Å²) in [6.45, 7) is 8.14. The van der Waals surface area contributed by atoms with E-state index in [4.69, 9.17) is 4.74 Å². The average molecular weight is 214 g/mol. The molecule has 1 N–H and O–H groups in total. The third-order valence-electron chi connectivity index (χ3n) is 3.20. The summed E-state index contributed by atoms with van der Waals surface area (Å²) in [5.41, 5.74) is 0. The van der Waals surface area contributed by atoms with Crippen molar-refractivity contribution >= 4 is 0 Å². The molecule has 0 aromatic rings. The Kier molecular flexibility index (Phi) is 6.98. The molecular formula is C12H26N2O. The summed E-state index contributed by atoms with van der Waals surface area (Å²) in [7, 11) is 1.83. The van der Waals surface area contributed by atoms with Crippen molar-refractivity contribution in [1.29, 1.82) is 0 Å². The van der Waals surface area contributed by atoms with Crippen LogP contribution < -0.4 is 5.32 Å². The number of nitrogens with one attached hydrogen (secondary N) is 1. The Hall–Kier alpha value is -0.120. The summed E-state index contributed by atoms with van der Waals surface area (Å²) in [5, 5.41) is 3.36. The minimum absolute atomic E-state index is 0.517. The molecule has 0 amide bonds. The molecule has 3 nitrogen and oxygen atoms in total. The molecule has 15 heavy (non-hydrogen) atoms. The van der Waals surface area contributed by atoms with Gasteiger partial charge in [0.1, 0.15) is 0 Å². The molecule has 1 saturated heterocycles. The number of piperidine rings is 1. The second kappa shape index (κ2) is 8.08. The standard InChI is InChI=1S/C12H26N2O/c1-3-13-8-4-5-9-14-10-6-12(15-2)7-11-14/h12-13H,3-11H2,1-2H3. The topological polar surface area (TPSA) is 24.5 Å². The maximum atomic E-state index is 5.36. The molecule has 1 fully saturated rings. The minimum atomic E-state index is 0.517. The molecule has 0 bridgehead atoms. The Balaban J connectivity index is 1.94. The molecule has 0 spiro atoms. The van der Waals surface area contributed by atoms with Gasteiger partial charge in [-0.25, -0.2) is 0 Å². The van der Waals surface area contributed by atoms with Crippen molar-refractivity contribution in [2.24, 2.45) is 0 Å². The Morgan fingerprint density at radius 1 is 1.27 bits per heavy atom. The van der Waals surface area contributed by atoms with Gasteiger partial charge in [-0.2, -0.15) is 0 Å². The van der Waals surface area contributed by atoms with Crippen LogP contribution in [0.4, 0.5) is 0 Å². The molecule has 1 heterocycles. The van der Waals surface area contributed by atoms with Crippen LogP contribution in [0.2, 0.25) is 0 Å². The first-order chi connectivity index (χ1) is 7.36. The highest BCUT2D eigenvalue weighted by Gasteiger charge is 2.17. The van der Waals surface area contributed by atoms with Gasteiger partial charge in [0.15, 0.2) is 0 Å². The fourth-order valence-corrected chi connectivity index (χ4v) is 2.13. The number of hydrogen-bond acceptors (Lipinski definition) is 3. The molecule has 0 unspecified atom stereocenters. The van der Waals surface area contributed by atoms with Gasteiger partial charge in [0.05, 0.1) is 6.10 Å². The fraction of sp³-hybridized carbons (Fsp3) is 1.00. The normalized spacial score (nSPS) is 19.6. The van der Waals surface area contributed by atoms with E-state index in [9.17, 15) is 0 Å². The van der Waals surface area contributed by atoms with Crippen LogP contribution in [-0.2, 0) is 4.74 Å². The first-order valence-electron chi connectivity index (χ1n) is 6.32. The van der Waals surface area contributed by atoms with Crippen molar-refractivity contribution in [2.75, 3.05) is 39.8 Å². The second-order valence-corrected chi connectivity index (χ2v) is 4.34. The van der Waals surface area contributed by atoms with Crippen molar-refractivity contribution in [3.63, 3.8) is 0 Å². The zero-order chi connectivity index (χ0) is 10.9. The van der Waals surface area contributed by atoms with E-state index in [0.717, 1.165) is 6.54 Å². The SMILES string of the molecule is CCNCCCCN1CCC(OC)CC1. The van der Waals surface area contributed by atoms with Gasteiger partial charge in [-0.05, 0) is 45.3 Å². The van der Waals surface area contributed by atoms with Gasteiger partial charge in [0, 0.05) is 20.2 Å². The summed E-state index contributed by atoms with van der Waals surface area (Å²) in [6.07, 6.45) is 5.57. The van der Waals surface area contributed by atoms with Crippen molar-refractivity contribution in [3.05, 3.63) is 0 Å². The molecule has 0 aromatic carbocycles. The van der Waals surface area contributed by atoms with E-state index in [2.05, 4.69) is 17.1 Å². The summed E-state index contributed by atoms with van der Waals surface area (Å²) in [6, 6.07) is 0. The van der Waals surface area contributed by atoms with Gasteiger partial charge < -0.3 is 15.0 Å². The van der Waals surface area contributed by atoms with Crippen LogP contribution in [0.3, 0.4) is 0 Å². The molecule has 1 aliphatic rings. The number of likely N-dealkylation sites (tertiary alicyclic amines) is 1. The Labute approximate surface area is 94.2 Å². The summed E-state index contributed by atoms with van der Waals surface area (Å²) < 4.78 is 5.36. The Morgan fingerprint density at radius 3 is 2.60 bits per heavy atom. The van der Waals surface area contributed by atoms with Gasteiger partial charge in [0.25, 0.3) is 0 Å². The van der Waals surface area contributed by atoms with Crippen LogP contribution >= 0.6 is 0 Å². The second-order valence-electron chi connectivity index (χ2n) is 4.34. The highest BCUT2D eigenvalue weighted by Crippen LogP contribution is 2.12. The van der Waals surface area contributed by atoms with Gasteiger partial charge in [0.2, 0.25) is 0 Å². The molecule has 0 atom stereocenters. The van der Waals surface area contributed by atoms with E-state index in [1.54, 1.807) is 0 Å². The van der Waals surface area contributed by atoms with E-state index in [1.165, 1.54) is 51.9 Å². The van der Waals surface area contributed by atoms with Gasteiger partial charge in [-0.3, -0.25) is 0 Å². The molecule has 3 heteroatoms. The minimum Gasteiger partial charge on any atom is -0.381 e. The molecule has 90 valence electrons. The number of hydrogen-bond donors (Lipinski definition) is 1. The zero-order valence-corrected chi connectivity index (χ0v) is 10.3. The lowest BCUT2D eigenvalue weighted by molar-refractivity contribution is 0.0407. The summed E-state index contributed by atoms with van der Waals surface area (Å²) in [4.78, 5) is 2.57. The highest BCUT2D eigenvalue weighted by atomic mass is 16.5. The predicted molar refractivity (Wildman–Crippen MR) is 64.2 cm³/mol. The first kappa shape index (κ1) is 12.9. The number of unbranched alkanes of at least 4 members (excludes halogenated alkanes) is 1. The maximum Gasteiger partial charge on any atom is 0.0595 e. The maximum absolute atomic E-state index is 5.36. The van der Waals surface area contributed by atoms with E-state index in [0.29, 0.717) is 6.10 Å². The van der Waals surface area contributed by atoms with Crippen LogP contribution in [0.5, 0.6) is 0 Å². The third-order valence-corrected chi connectivity index (χ3v) is 3.20. The lowest BCUT2D eigenvalue weighted by Gasteiger charge is -2.31. The van der Waals surface area contributed by atoms with E-state index in [-0.39, 0.29) is 0 Å². The van der Waals surface area contributed by atoms with Crippen LogP contribution in [0, 0.1) is 0 Å². The smallest absolute Gasteiger partial charge is 0.0595 e. The monoisotopic (exact) mass is 214 g/mol. The predicted octanol–water partition coefficient (Wildman–Crippen LogP) is 1.49. The first-order valence-corrected chi connectivity index (χ1v) is 6.32. The van der Waals surface area contributed by atoms with Gasteiger partial charge in [-0.1, -0.05) is 6.92 Å². The number of methoxy groups -OCH3 is 1. The quantitative estimate of drug-likeness (QED) is 0.650.